The highest BCUT2D eigenvalue weighted by Gasteiger charge is 2.14. The maximum absolute atomic E-state index is 5.90. The molecule has 0 bridgehead atoms. The molecule has 1 aliphatic heterocycles. The molecule has 15 heavy (non-hydrogen) atoms. The number of halogens is 1. The van der Waals surface area contributed by atoms with Crippen LogP contribution in [0.15, 0.2) is 11.4 Å². The minimum absolute atomic E-state index is 0.312. The summed E-state index contributed by atoms with van der Waals surface area (Å²) >= 11 is 7.48. The van der Waals surface area contributed by atoms with E-state index in [1.165, 1.54) is 5.56 Å². The summed E-state index contributed by atoms with van der Waals surface area (Å²) in [4.78, 5) is 0. The van der Waals surface area contributed by atoms with Gasteiger partial charge in [-0.3, -0.25) is 0 Å². The third kappa shape index (κ3) is 3.16. The Labute approximate surface area is 99.0 Å². The average molecular weight is 247 g/mol. The Morgan fingerprint density at radius 2 is 2.27 bits per heavy atom. The van der Waals surface area contributed by atoms with E-state index < -0.39 is 0 Å². The van der Waals surface area contributed by atoms with Crippen molar-refractivity contribution < 1.29 is 4.74 Å². The molecular weight excluding hydrogens is 232 g/mol. The number of thiophene rings is 1. The molecule has 1 aromatic heterocycles. The smallest absolute Gasteiger partial charge is 0.0931 e. The largest absolute Gasteiger partial charge is 0.379 e. The van der Waals surface area contributed by atoms with E-state index in [4.69, 9.17) is 16.3 Å². The van der Waals surface area contributed by atoms with Crippen molar-refractivity contribution >= 4 is 22.9 Å². The summed E-state index contributed by atoms with van der Waals surface area (Å²) in [5.74, 6) is 0. The number of morpholine rings is 1. The molecule has 2 rings (SSSR count). The number of hydrogen-bond donors (Lipinski definition) is 1. The second-order valence-electron chi connectivity index (χ2n) is 3.63. The molecule has 84 valence electrons. The first-order valence-electron chi connectivity index (χ1n) is 5.08. The molecule has 1 fully saturated rings. The third-order valence-electron chi connectivity index (χ3n) is 2.48. The molecule has 0 saturated carbocycles. The lowest BCUT2D eigenvalue weighted by atomic mass is 10.2. The topological polar surface area (TPSA) is 24.5 Å². The van der Waals surface area contributed by atoms with Crippen molar-refractivity contribution in [3.05, 3.63) is 21.3 Å². The van der Waals surface area contributed by atoms with E-state index in [0.29, 0.717) is 6.04 Å². The first-order chi connectivity index (χ1) is 7.25. The second kappa shape index (κ2) is 5.27. The highest BCUT2D eigenvalue weighted by Crippen LogP contribution is 2.24. The van der Waals surface area contributed by atoms with Gasteiger partial charge in [-0.25, -0.2) is 10.4 Å². The number of nitrogens with one attached hydrogen (secondary N) is 1. The molecule has 1 aliphatic rings. The number of hydrogen-bond acceptors (Lipinski definition) is 4. The standard InChI is InChI=1S/C10H15ClN2OS/c1-8(9-6-10(11)15-7-9)12-13-2-4-14-5-3-13/h6-8,12H,2-5H2,1H3. The van der Waals surface area contributed by atoms with Gasteiger partial charge in [0, 0.05) is 19.1 Å². The van der Waals surface area contributed by atoms with E-state index in [9.17, 15) is 0 Å². The van der Waals surface area contributed by atoms with Gasteiger partial charge < -0.3 is 4.74 Å². The van der Waals surface area contributed by atoms with Gasteiger partial charge in [0.05, 0.1) is 17.6 Å². The van der Waals surface area contributed by atoms with Gasteiger partial charge in [0.15, 0.2) is 0 Å². The summed E-state index contributed by atoms with van der Waals surface area (Å²) in [7, 11) is 0. The average Bonchev–Trinajstić information content (AvgIpc) is 2.66. The van der Waals surface area contributed by atoms with Crippen LogP contribution in [0.2, 0.25) is 4.34 Å². The van der Waals surface area contributed by atoms with Crippen molar-refractivity contribution in [3.8, 4) is 0 Å². The van der Waals surface area contributed by atoms with Gasteiger partial charge in [0.1, 0.15) is 0 Å². The molecule has 5 heteroatoms. The van der Waals surface area contributed by atoms with E-state index >= 15 is 0 Å². The van der Waals surface area contributed by atoms with Gasteiger partial charge >= 0.3 is 0 Å². The minimum Gasteiger partial charge on any atom is -0.379 e. The molecular formula is C10H15ClN2OS. The zero-order chi connectivity index (χ0) is 10.7. The molecule has 0 aromatic carbocycles. The first-order valence-corrected chi connectivity index (χ1v) is 6.34. The van der Waals surface area contributed by atoms with Crippen molar-refractivity contribution in [1.29, 1.82) is 0 Å². The Bertz CT molecular complexity index is 312. The molecule has 1 unspecified atom stereocenters. The fourth-order valence-corrected chi connectivity index (χ4v) is 2.58. The summed E-state index contributed by atoms with van der Waals surface area (Å²) in [5, 5.41) is 4.31. The SMILES string of the molecule is CC(NN1CCOCC1)c1csc(Cl)c1. The fourth-order valence-electron chi connectivity index (χ4n) is 1.59. The summed E-state index contributed by atoms with van der Waals surface area (Å²) < 4.78 is 6.14. The molecule has 1 N–H and O–H groups in total. The number of ether oxygens (including phenoxy) is 1. The van der Waals surface area contributed by atoms with Crippen molar-refractivity contribution in [2.45, 2.75) is 13.0 Å². The summed E-state index contributed by atoms with van der Waals surface area (Å²) in [6, 6.07) is 2.33. The third-order valence-corrected chi connectivity index (χ3v) is 3.58. The van der Waals surface area contributed by atoms with Crippen LogP contribution in [0.25, 0.3) is 0 Å². The highest BCUT2D eigenvalue weighted by atomic mass is 35.5. The monoisotopic (exact) mass is 246 g/mol. The van der Waals surface area contributed by atoms with Crippen molar-refractivity contribution in [2.24, 2.45) is 0 Å². The van der Waals surface area contributed by atoms with Crippen LogP contribution in [-0.2, 0) is 4.74 Å². The molecule has 3 nitrogen and oxygen atoms in total. The highest BCUT2D eigenvalue weighted by molar-refractivity contribution is 7.14. The predicted octanol–water partition coefficient (Wildman–Crippen LogP) is 2.30. The van der Waals surface area contributed by atoms with Crippen LogP contribution in [0.5, 0.6) is 0 Å². The normalized spacial score (nSPS) is 20.4. The lowest BCUT2D eigenvalue weighted by molar-refractivity contribution is 0.00487. The summed E-state index contributed by atoms with van der Waals surface area (Å²) in [6.45, 7) is 5.66. The van der Waals surface area contributed by atoms with Crippen molar-refractivity contribution in [1.82, 2.24) is 10.4 Å². The van der Waals surface area contributed by atoms with Gasteiger partial charge in [0.2, 0.25) is 0 Å². The van der Waals surface area contributed by atoms with E-state index in [2.05, 4.69) is 22.7 Å². The van der Waals surface area contributed by atoms with Gasteiger partial charge in [-0.05, 0) is 23.9 Å². The molecule has 1 atom stereocenters. The van der Waals surface area contributed by atoms with Crippen LogP contribution >= 0.6 is 22.9 Å². The van der Waals surface area contributed by atoms with E-state index in [1.54, 1.807) is 11.3 Å². The van der Waals surface area contributed by atoms with Crippen LogP contribution < -0.4 is 5.43 Å². The van der Waals surface area contributed by atoms with Gasteiger partial charge in [-0.1, -0.05) is 11.6 Å². The van der Waals surface area contributed by atoms with Crippen LogP contribution in [0.4, 0.5) is 0 Å². The van der Waals surface area contributed by atoms with Crippen LogP contribution in [0.1, 0.15) is 18.5 Å². The zero-order valence-corrected chi connectivity index (χ0v) is 10.3. The lowest BCUT2D eigenvalue weighted by Crippen LogP contribution is -2.46. The first kappa shape index (κ1) is 11.4. The van der Waals surface area contributed by atoms with Crippen molar-refractivity contribution in [3.63, 3.8) is 0 Å². The molecule has 1 aromatic rings. The molecule has 2 heterocycles. The predicted molar refractivity (Wildman–Crippen MR) is 63.3 cm³/mol. The van der Waals surface area contributed by atoms with Crippen LogP contribution in [0.3, 0.4) is 0 Å². The maximum Gasteiger partial charge on any atom is 0.0931 e. The van der Waals surface area contributed by atoms with Gasteiger partial charge in [0.25, 0.3) is 0 Å². The minimum atomic E-state index is 0.312. The number of nitrogens with zero attached hydrogens (tertiary/aromatic N) is 1. The number of rotatable bonds is 3. The Balaban J connectivity index is 1.88. The molecule has 0 spiro atoms. The maximum atomic E-state index is 5.90. The molecule has 0 amide bonds. The van der Waals surface area contributed by atoms with Crippen LogP contribution in [-0.4, -0.2) is 31.3 Å². The zero-order valence-electron chi connectivity index (χ0n) is 8.70. The Hall–Kier alpha value is -0.130. The quantitative estimate of drug-likeness (QED) is 0.886. The van der Waals surface area contributed by atoms with E-state index in [-0.39, 0.29) is 0 Å². The Morgan fingerprint density at radius 3 is 2.87 bits per heavy atom. The van der Waals surface area contributed by atoms with Crippen LogP contribution in [0, 0.1) is 0 Å². The van der Waals surface area contributed by atoms with E-state index in [1.807, 2.05) is 6.07 Å². The summed E-state index contributed by atoms with van der Waals surface area (Å²) in [6.07, 6.45) is 0. The number of hydrazine groups is 1. The van der Waals surface area contributed by atoms with E-state index in [0.717, 1.165) is 30.6 Å². The molecule has 1 saturated heterocycles. The lowest BCUT2D eigenvalue weighted by Gasteiger charge is -2.30. The fraction of sp³-hybridized carbons (Fsp3) is 0.600. The van der Waals surface area contributed by atoms with Crippen molar-refractivity contribution in [2.75, 3.05) is 26.3 Å². The summed E-state index contributed by atoms with van der Waals surface area (Å²) in [5.41, 5.74) is 4.70. The van der Waals surface area contributed by atoms with Gasteiger partial charge in [-0.2, -0.15) is 0 Å². The molecule has 0 aliphatic carbocycles. The Morgan fingerprint density at radius 1 is 1.53 bits per heavy atom. The second-order valence-corrected chi connectivity index (χ2v) is 5.18. The molecule has 0 radical (unpaired) electrons. The van der Waals surface area contributed by atoms with Gasteiger partial charge in [-0.15, -0.1) is 11.3 Å². The Kier molecular flexibility index (Phi) is 3.99.